The highest BCUT2D eigenvalue weighted by Gasteiger charge is 2.23. The lowest BCUT2D eigenvalue weighted by atomic mass is 10.1. The van der Waals surface area contributed by atoms with Crippen molar-refractivity contribution >= 4 is 38.4 Å². The van der Waals surface area contributed by atoms with Gasteiger partial charge in [0.15, 0.2) is 10.8 Å². The number of aromatic nitrogens is 3. The molecule has 0 unspecified atom stereocenters. The van der Waals surface area contributed by atoms with Gasteiger partial charge in [-0.15, -0.1) is 0 Å². The SMILES string of the molecule is Cc1ccc(NC(=O)Cn2c(=O)n(C(C)C)c(=O)c3sc(N4CCCCC4)nc32)cc1. The third kappa shape index (κ3) is 4.27. The standard InChI is InChI=1S/C22H27N5O3S/c1-14(2)27-20(29)18-19(24-21(31-18)25-11-5-4-6-12-25)26(22(27)30)13-17(28)23-16-9-7-15(3)8-10-16/h7-10,14H,4-6,11-13H2,1-3H3,(H,23,28). The molecule has 1 aliphatic heterocycles. The number of hydrogen-bond donors (Lipinski definition) is 1. The molecular formula is C22H27N5O3S. The number of fused-ring (bicyclic) bond motifs is 1. The summed E-state index contributed by atoms with van der Waals surface area (Å²) in [4.78, 5) is 45.8. The van der Waals surface area contributed by atoms with Crippen LogP contribution < -0.4 is 21.5 Å². The van der Waals surface area contributed by atoms with E-state index in [1.165, 1.54) is 26.9 Å². The maximum atomic E-state index is 13.2. The molecule has 164 valence electrons. The van der Waals surface area contributed by atoms with Crippen molar-refractivity contribution in [1.29, 1.82) is 0 Å². The summed E-state index contributed by atoms with van der Waals surface area (Å²) >= 11 is 1.31. The molecule has 9 heteroatoms. The molecular weight excluding hydrogens is 414 g/mol. The second kappa shape index (κ2) is 8.66. The Morgan fingerprint density at radius 3 is 2.45 bits per heavy atom. The van der Waals surface area contributed by atoms with Crippen LogP contribution in [0.15, 0.2) is 33.9 Å². The van der Waals surface area contributed by atoms with Crippen LogP contribution in [0.4, 0.5) is 10.8 Å². The molecule has 0 saturated carbocycles. The number of benzene rings is 1. The van der Waals surface area contributed by atoms with Crippen LogP contribution in [0.3, 0.4) is 0 Å². The number of amides is 1. The maximum Gasteiger partial charge on any atom is 0.333 e. The maximum absolute atomic E-state index is 13.2. The predicted octanol–water partition coefficient (Wildman–Crippen LogP) is 3.14. The molecule has 1 saturated heterocycles. The van der Waals surface area contributed by atoms with Crippen molar-refractivity contribution in [2.45, 2.75) is 52.6 Å². The molecule has 4 rings (SSSR count). The first kappa shape index (κ1) is 21.3. The minimum atomic E-state index is -0.512. The minimum absolute atomic E-state index is 0.209. The van der Waals surface area contributed by atoms with E-state index in [0.29, 0.717) is 10.4 Å². The van der Waals surface area contributed by atoms with Gasteiger partial charge in [-0.05, 0) is 52.2 Å². The molecule has 1 amide bonds. The Morgan fingerprint density at radius 2 is 1.81 bits per heavy atom. The van der Waals surface area contributed by atoms with Gasteiger partial charge < -0.3 is 10.2 Å². The number of rotatable bonds is 5. The molecule has 1 fully saturated rings. The summed E-state index contributed by atoms with van der Waals surface area (Å²) in [5, 5.41) is 3.56. The lowest BCUT2D eigenvalue weighted by Gasteiger charge is -2.25. The number of carbonyl (C=O) groups excluding carboxylic acids is 1. The van der Waals surface area contributed by atoms with E-state index in [4.69, 9.17) is 0 Å². The first-order valence-electron chi connectivity index (χ1n) is 10.6. The van der Waals surface area contributed by atoms with Gasteiger partial charge in [-0.2, -0.15) is 0 Å². The van der Waals surface area contributed by atoms with Gasteiger partial charge in [0, 0.05) is 24.8 Å². The summed E-state index contributed by atoms with van der Waals surface area (Å²) in [6, 6.07) is 7.13. The monoisotopic (exact) mass is 441 g/mol. The number of carbonyl (C=O) groups is 1. The van der Waals surface area contributed by atoms with Gasteiger partial charge in [-0.25, -0.2) is 9.78 Å². The normalized spacial score (nSPS) is 14.4. The Bertz CT molecular complexity index is 1220. The van der Waals surface area contributed by atoms with Gasteiger partial charge in [0.1, 0.15) is 11.2 Å². The van der Waals surface area contributed by atoms with Crippen LogP contribution in [-0.2, 0) is 11.3 Å². The Morgan fingerprint density at radius 1 is 1.13 bits per heavy atom. The Balaban J connectivity index is 1.75. The third-order valence-electron chi connectivity index (χ3n) is 5.48. The smallest absolute Gasteiger partial charge is 0.333 e. The second-order valence-corrected chi connectivity index (χ2v) is 9.23. The summed E-state index contributed by atoms with van der Waals surface area (Å²) in [7, 11) is 0. The highest BCUT2D eigenvalue weighted by Crippen LogP contribution is 2.28. The Labute approximate surface area is 184 Å². The fourth-order valence-corrected chi connectivity index (χ4v) is 4.90. The molecule has 0 atom stereocenters. The van der Waals surface area contributed by atoms with Crippen LogP contribution in [0, 0.1) is 6.92 Å². The van der Waals surface area contributed by atoms with E-state index in [0.717, 1.165) is 36.6 Å². The zero-order valence-corrected chi connectivity index (χ0v) is 18.9. The lowest BCUT2D eigenvalue weighted by Crippen LogP contribution is -2.42. The molecule has 1 aliphatic rings. The average Bonchev–Trinajstić information content (AvgIpc) is 3.19. The second-order valence-electron chi connectivity index (χ2n) is 8.25. The third-order valence-corrected chi connectivity index (χ3v) is 6.58. The minimum Gasteiger partial charge on any atom is -0.348 e. The van der Waals surface area contributed by atoms with Crippen molar-refractivity contribution in [3.8, 4) is 0 Å². The topological polar surface area (TPSA) is 89.2 Å². The molecule has 3 aromatic rings. The summed E-state index contributed by atoms with van der Waals surface area (Å²) < 4.78 is 2.95. The molecule has 0 radical (unpaired) electrons. The summed E-state index contributed by atoms with van der Waals surface area (Å²) in [5.41, 5.74) is 1.18. The van der Waals surface area contributed by atoms with Gasteiger partial charge in [0.05, 0.1) is 0 Å². The number of nitrogens with one attached hydrogen (secondary N) is 1. The van der Waals surface area contributed by atoms with Gasteiger partial charge in [-0.1, -0.05) is 29.0 Å². The van der Waals surface area contributed by atoms with Crippen molar-refractivity contribution in [2.24, 2.45) is 0 Å². The van der Waals surface area contributed by atoms with Crippen LogP contribution >= 0.6 is 11.3 Å². The quantitative estimate of drug-likeness (QED) is 0.657. The number of anilines is 2. The molecule has 31 heavy (non-hydrogen) atoms. The average molecular weight is 442 g/mol. The Kier molecular flexibility index (Phi) is 5.95. The van der Waals surface area contributed by atoms with E-state index in [9.17, 15) is 14.4 Å². The van der Waals surface area contributed by atoms with E-state index in [1.807, 2.05) is 31.2 Å². The van der Waals surface area contributed by atoms with E-state index in [2.05, 4.69) is 15.2 Å². The van der Waals surface area contributed by atoms with Crippen molar-refractivity contribution in [3.05, 3.63) is 50.7 Å². The number of thiazole rings is 1. The molecule has 0 bridgehead atoms. The Hall–Kier alpha value is -2.94. The summed E-state index contributed by atoms with van der Waals surface area (Å²) in [6.07, 6.45) is 3.35. The molecule has 0 spiro atoms. The molecule has 1 N–H and O–H groups in total. The van der Waals surface area contributed by atoms with Crippen LogP contribution in [-0.4, -0.2) is 33.1 Å². The lowest BCUT2D eigenvalue weighted by molar-refractivity contribution is -0.116. The van der Waals surface area contributed by atoms with E-state index in [-0.39, 0.29) is 29.7 Å². The van der Waals surface area contributed by atoms with Gasteiger partial charge in [0.2, 0.25) is 5.91 Å². The predicted molar refractivity (Wildman–Crippen MR) is 124 cm³/mol. The first-order chi connectivity index (χ1) is 14.8. The van der Waals surface area contributed by atoms with Crippen molar-refractivity contribution < 1.29 is 4.79 Å². The van der Waals surface area contributed by atoms with Crippen LogP contribution in [0.2, 0.25) is 0 Å². The first-order valence-corrected chi connectivity index (χ1v) is 11.4. The number of aryl methyl sites for hydroxylation is 1. The van der Waals surface area contributed by atoms with Gasteiger partial charge in [-0.3, -0.25) is 18.7 Å². The number of hydrogen-bond acceptors (Lipinski definition) is 6. The van der Waals surface area contributed by atoms with Gasteiger partial charge >= 0.3 is 5.69 Å². The van der Waals surface area contributed by atoms with E-state index < -0.39 is 5.69 Å². The summed E-state index contributed by atoms with van der Waals surface area (Å²) in [5.74, 6) is -0.339. The largest absolute Gasteiger partial charge is 0.348 e. The van der Waals surface area contributed by atoms with Crippen LogP contribution in [0.1, 0.15) is 44.7 Å². The summed E-state index contributed by atoms with van der Waals surface area (Å²) in [6.45, 7) is 7.11. The zero-order valence-electron chi connectivity index (χ0n) is 18.1. The van der Waals surface area contributed by atoms with Crippen molar-refractivity contribution in [3.63, 3.8) is 0 Å². The van der Waals surface area contributed by atoms with Gasteiger partial charge in [0.25, 0.3) is 5.56 Å². The molecule has 8 nitrogen and oxygen atoms in total. The van der Waals surface area contributed by atoms with Crippen molar-refractivity contribution in [1.82, 2.24) is 14.1 Å². The van der Waals surface area contributed by atoms with E-state index >= 15 is 0 Å². The zero-order chi connectivity index (χ0) is 22.1. The number of piperidine rings is 1. The van der Waals surface area contributed by atoms with E-state index in [1.54, 1.807) is 13.8 Å². The van der Waals surface area contributed by atoms with Crippen molar-refractivity contribution in [2.75, 3.05) is 23.3 Å². The van der Waals surface area contributed by atoms with Crippen LogP contribution in [0.25, 0.3) is 10.3 Å². The molecule has 0 aliphatic carbocycles. The highest BCUT2D eigenvalue weighted by atomic mass is 32.1. The fourth-order valence-electron chi connectivity index (χ4n) is 3.84. The van der Waals surface area contributed by atoms with Crippen LogP contribution in [0.5, 0.6) is 0 Å². The number of nitrogens with zero attached hydrogens (tertiary/aromatic N) is 4. The fraction of sp³-hybridized carbons (Fsp3) is 0.455. The molecule has 2 aromatic heterocycles. The molecule has 3 heterocycles. The molecule has 1 aromatic carbocycles. The highest BCUT2D eigenvalue weighted by molar-refractivity contribution is 7.22.